The van der Waals surface area contributed by atoms with E-state index in [0.717, 1.165) is 16.7 Å². The molecule has 7 heteroatoms. The second-order valence-corrected chi connectivity index (χ2v) is 8.11. The fourth-order valence-corrected chi connectivity index (χ4v) is 3.17. The standard InChI is InChI=1S/C19H24N2O4S/c1-14(15-8-10-18(11-9-15)26(3,23)24)21-19(22)20-12-16-6-4-5-7-17(16)13-25-2/h4-11,14H,12-13H2,1-3H3,(H2,20,21,22). The minimum absolute atomic E-state index is 0.252. The van der Waals surface area contributed by atoms with E-state index < -0.39 is 9.84 Å². The summed E-state index contributed by atoms with van der Waals surface area (Å²) in [5, 5.41) is 5.68. The average Bonchev–Trinajstić information content (AvgIpc) is 2.60. The Labute approximate surface area is 154 Å². The number of carbonyl (C=O) groups is 1. The van der Waals surface area contributed by atoms with Crippen molar-refractivity contribution in [1.82, 2.24) is 10.6 Å². The first-order valence-corrected chi connectivity index (χ1v) is 10.1. The second-order valence-electron chi connectivity index (χ2n) is 6.09. The van der Waals surface area contributed by atoms with Gasteiger partial charge in [0.15, 0.2) is 9.84 Å². The Hall–Kier alpha value is -2.38. The highest BCUT2D eigenvalue weighted by molar-refractivity contribution is 7.90. The highest BCUT2D eigenvalue weighted by atomic mass is 32.2. The first kappa shape index (κ1) is 19.9. The first-order valence-electron chi connectivity index (χ1n) is 8.21. The molecule has 2 N–H and O–H groups in total. The van der Waals surface area contributed by atoms with E-state index in [9.17, 15) is 13.2 Å². The summed E-state index contributed by atoms with van der Waals surface area (Å²) in [6.45, 7) is 2.72. The molecule has 0 aliphatic rings. The molecule has 140 valence electrons. The lowest BCUT2D eigenvalue weighted by Crippen LogP contribution is -2.36. The molecule has 6 nitrogen and oxygen atoms in total. The van der Waals surface area contributed by atoms with Crippen LogP contribution in [0.4, 0.5) is 4.79 Å². The normalized spacial score (nSPS) is 12.4. The third-order valence-electron chi connectivity index (χ3n) is 4.01. The van der Waals surface area contributed by atoms with Gasteiger partial charge in [-0.2, -0.15) is 0 Å². The van der Waals surface area contributed by atoms with Gasteiger partial charge in [0.05, 0.1) is 17.5 Å². The Bertz CT molecular complexity index is 848. The summed E-state index contributed by atoms with van der Waals surface area (Å²) in [7, 11) is -1.59. The van der Waals surface area contributed by atoms with Crippen LogP contribution in [0, 0.1) is 0 Å². The second kappa shape index (κ2) is 8.82. The van der Waals surface area contributed by atoms with Crippen molar-refractivity contribution in [2.24, 2.45) is 0 Å². The fourth-order valence-electron chi connectivity index (χ4n) is 2.54. The number of sulfone groups is 1. The molecular weight excluding hydrogens is 352 g/mol. The molecule has 2 rings (SSSR count). The van der Waals surface area contributed by atoms with Gasteiger partial charge in [-0.05, 0) is 35.7 Å². The lowest BCUT2D eigenvalue weighted by molar-refractivity contribution is 0.184. The maximum atomic E-state index is 12.1. The third-order valence-corrected chi connectivity index (χ3v) is 5.14. The lowest BCUT2D eigenvalue weighted by atomic mass is 10.1. The van der Waals surface area contributed by atoms with Gasteiger partial charge < -0.3 is 15.4 Å². The van der Waals surface area contributed by atoms with Gasteiger partial charge in [0.1, 0.15) is 0 Å². The van der Waals surface area contributed by atoms with Crippen LogP contribution in [0.3, 0.4) is 0 Å². The third kappa shape index (κ3) is 5.57. The van der Waals surface area contributed by atoms with Crippen molar-refractivity contribution in [3.63, 3.8) is 0 Å². The van der Waals surface area contributed by atoms with Crippen molar-refractivity contribution in [3.05, 3.63) is 65.2 Å². The minimum Gasteiger partial charge on any atom is -0.380 e. The molecule has 0 heterocycles. The lowest BCUT2D eigenvalue weighted by Gasteiger charge is -2.16. The number of nitrogens with one attached hydrogen (secondary N) is 2. The topological polar surface area (TPSA) is 84.5 Å². The van der Waals surface area contributed by atoms with Gasteiger partial charge in [0, 0.05) is 19.9 Å². The molecule has 0 spiro atoms. The van der Waals surface area contributed by atoms with Crippen molar-refractivity contribution < 1.29 is 17.9 Å². The molecule has 0 aromatic heterocycles. The quantitative estimate of drug-likeness (QED) is 0.778. The van der Waals surface area contributed by atoms with Crippen molar-refractivity contribution in [2.45, 2.75) is 31.0 Å². The number of rotatable bonds is 7. The Morgan fingerprint density at radius 1 is 1.08 bits per heavy atom. The SMILES string of the molecule is COCc1ccccc1CNC(=O)NC(C)c1ccc(S(C)(=O)=O)cc1. The first-order chi connectivity index (χ1) is 12.3. The van der Waals surface area contributed by atoms with Crippen LogP contribution in [-0.2, 0) is 27.7 Å². The molecule has 26 heavy (non-hydrogen) atoms. The Balaban J connectivity index is 1.93. The largest absolute Gasteiger partial charge is 0.380 e. The average molecular weight is 376 g/mol. The van der Waals surface area contributed by atoms with Crippen LogP contribution >= 0.6 is 0 Å². The summed E-state index contributed by atoms with van der Waals surface area (Å²) in [5.74, 6) is 0. The predicted molar refractivity (Wildman–Crippen MR) is 100 cm³/mol. The molecule has 2 aromatic carbocycles. The molecule has 0 radical (unpaired) electrons. The van der Waals surface area contributed by atoms with Gasteiger partial charge in [-0.1, -0.05) is 36.4 Å². The Kier molecular flexibility index (Phi) is 6.76. The zero-order valence-corrected chi connectivity index (χ0v) is 16.0. The number of urea groups is 1. The molecule has 0 saturated heterocycles. The van der Waals surface area contributed by atoms with E-state index in [2.05, 4.69) is 10.6 Å². The van der Waals surface area contributed by atoms with Gasteiger partial charge >= 0.3 is 6.03 Å². The summed E-state index contributed by atoms with van der Waals surface area (Å²) in [6, 6.07) is 13.7. The van der Waals surface area contributed by atoms with Gasteiger partial charge in [-0.3, -0.25) is 0 Å². The van der Waals surface area contributed by atoms with Crippen LogP contribution in [0.1, 0.15) is 29.7 Å². The Morgan fingerprint density at radius 3 is 2.27 bits per heavy atom. The molecule has 1 unspecified atom stereocenters. The van der Waals surface area contributed by atoms with Crippen molar-refractivity contribution in [3.8, 4) is 0 Å². The number of amides is 2. The van der Waals surface area contributed by atoms with Gasteiger partial charge in [0.25, 0.3) is 0 Å². The predicted octanol–water partition coefficient (Wildman–Crippen LogP) is 2.80. The van der Waals surface area contributed by atoms with Gasteiger partial charge in [-0.15, -0.1) is 0 Å². The molecule has 0 bridgehead atoms. The smallest absolute Gasteiger partial charge is 0.315 e. The maximum Gasteiger partial charge on any atom is 0.315 e. The van der Waals surface area contributed by atoms with Crippen LogP contribution in [0.25, 0.3) is 0 Å². The summed E-state index contributed by atoms with van der Waals surface area (Å²) < 4.78 is 28.2. The highest BCUT2D eigenvalue weighted by Gasteiger charge is 2.12. The van der Waals surface area contributed by atoms with Crippen molar-refractivity contribution in [1.29, 1.82) is 0 Å². The van der Waals surface area contributed by atoms with Crippen LogP contribution in [0.15, 0.2) is 53.4 Å². The Morgan fingerprint density at radius 2 is 1.69 bits per heavy atom. The number of benzene rings is 2. The van der Waals surface area contributed by atoms with Crippen LogP contribution in [0.5, 0.6) is 0 Å². The van der Waals surface area contributed by atoms with Crippen LogP contribution < -0.4 is 10.6 Å². The highest BCUT2D eigenvalue weighted by Crippen LogP contribution is 2.16. The zero-order chi connectivity index (χ0) is 19.2. The number of carbonyl (C=O) groups excluding carboxylic acids is 1. The van der Waals surface area contributed by atoms with Crippen LogP contribution in [0.2, 0.25) is 0 Å². The fraction of sp³-hybridized carbons (Fsp3) is 0.316. The number of hydrogen-bond donors (Lipinski definition) is 2. The molecule has 2 amide bonds. The minimum atomic E-state index is -3.23. The molecule has 1 atom stereocenters. The van der Waals surface area contributed by atoms with E-state index in [1.54, 1.807) is 31.4 Å². The van der Waals surface area contributed by atoms with E-state index in [4.69, 9.17) is 4.74 Å². The van der Waals surface area contributed by atoms with Crippen molar-refractivity contribution >= 4 is 15.9 Å². The molecule has 0 fully saturated rings. The summed E-state index contributed by atoms with van der Waals surface area (Å²) >= 11 is 0. The van der Waals surface area contributed by atoms with Gasteiger partial charge in [0.2, 0.25) is 0 Å². The summed E-state index contributed by atoms with van der Waals surface area (Å²) in [6.07, 6.45) is 1.17. The summed E-state index contributed by atoms with van der Waals surface area (Å²) in [4.78, 5) is 12.4. The zero-order valence-electron chi connectivity index (χ0n) is 15.2. The van der Waals surface area contributed by atoms with Gasteiger partial charge in [-0.25, -0.2) is 13.2 Å². The number of hydrogen-bond acceptors (Lipinski definition) is 4. The van der Waals surface area contributed by atoms with E-state index in [1.807, 2.05) is 31.2 Å². The monoisotopic (exact) mass is 376 g/mol. The molecule has 0 saturated carbocycles. The molecule has 2 aromatic rings. The maximum absolute atomic E-state index is 12.1. The van der Waals surface area contributed by atoms with E-state index in [1.165, 1.54) is 6.26 Å². The van der Waals surface area contributed by atoms with Crippen molar-refractivity contribution in [2.75, 3.05) is 13.4 Å². The molecule has 0 aliphatic carbocycles. The van der Waals surface area contributed by atoms with E-state index >= 15 is 0 Å². The number of methoxy groups -OCH3 is 1. The molecular formula is C19H24N2O4S. The van der Waals surface area contributed by atoms with E-state index in [-0.39, 0.29) is 17.0 Å². The summed E-state index contributed by atoms with van der Waals surface area (Å²) in [5.41, 5.74) is 2.85. The van der Waals surface area contributed by atoms with E-state index in [0.29, 0.717) is 13.2 Å². The molecule has 0 aliphatic heterocycles. The van der Waals surface area contributed by atoms with Crippen LogP contribution in [-0.4, -0.2) is 27.8 Å². The number of ether oxygens (including phenoxy) is 1.